The predicted octanol–water partition coefficient (Wildman–Crippen LogP) is 1.86. The molecule has 0 aliphatic heterocycles. The highest BCUT2D eigenvalue weighted by atomic mass is 15.2. The summed E-state index contributed by atoms with van der Waals surface area (Å²) in [6.07, 6.45) is 3.58. The molecule has 1 unspecified atom stereocenters. The monoisotopic (exact) mass is 241 g/mol. The van der Waals surface area contributed by atoms with Crippen LogP contribution in [0.2, 0.25) is 0 Å². The Kier molecular flexibility index (Phi) is 2.59. The lowest BCUT2D eigenvalue weighted by molar-refractivity contribution is 0.749. The normalized spacial score (nSPS) is 17.5. The molecule has 5 heteroatoms. The van der Waals surface area contributed by atoms with Crippen molar-refractivity contribution >= 4 is 11.9 Å². The molecular formula is C13H15N5. The number of benzene rings is 1. The van der Waals surface area contributed by atoms with Crippen molar-refractivity contribution in [2.45, 2.75) is 25.8 Å². The molecule has 0 spiro atoms. The molecule has 3 rings (SSSR count). The predicted molar refractivity (Wildman–Crippen MR) is 70.1 cm³/mol. The molecule has 0 radical (unpaired) electrons. The van der Waals surface area contributed by atoms with E-state index in [2.05, 4.69) is 45.4 Å². The summed E-state index contributed by atoms with van der Waals surface area (Å²) in [6, 6.07) is 6.85. The fraction of sp³-hybridized carbons (Fsp3) is 0.308. The number of nitrogen functional groups attached to an aromatic ring is 1. The van der Waals surface area contributed by atoms with Gasteiger partial charge in [-0.2, -0.15) is 4.98 Å². The Balaban J connectivity index is 1.86. The lowest BCUT2D eigenvalue weighted by atomic mass is 10.1. The maximum atomic E-state index is 5.55. The van der Waals surface area contributed by atoms with E-state index in [1.165, 1.54) is 23.0 Å². The van der Waals surface area contributed by atoms with Gasteiger partial charge in [-0.1, -0.05) is 23.8 Å². The molecule has 2 aromatic rings. The van der Waals surface area contributed by atoms with Crippen LogP contribution in [-0.2, 0) is 6.42 Å². The molecule has 3 N–H and O–H groups in total. The van der Waals surface area contributed by atoms with Crippen molar-refractivity contribution in [2.75, 3.05) is 11.1 Å². The summed E-state index contributed by atoms with van der Waals surface area (Å²) in [6.45, 7) is 2.11. The van der Waals surface area contributed by atoms with Crippen molar-refractivity contribution in [3.05, 3.63) is 41.2 Å². The highest BCUT2D eigenvalue weighted by Gasteiger charge is 2.22. The van der Waals surface area contributed by atoms with Crippen LogP contribution in [0.1, 0.15) is 29.2 Å². The minimum atomic E-state index is 0.245. The van der Waals surface area contributed by atoms with Crippen LogP contribution in [0.4, 0.5) is 11.9 Å². The average Bonchev–Trinajstić information content (AvgIpc) is 2.72. The number of fused-ring (bicyclic) bond motifs is 1. The number of hydrogen-bond donors (Lipinski definition) is 2. The van der Waals surface area contributed by atoms with E-state index >= 15 is 0 Å². The lowest BCUT2D eigenvalue weighted by Crippen LogP contribution is -2.11. The number of nitrogens with zero attached hydrogens (tertiary/aromatic N) is 3. The Hall–Kier alpha value is -2.17. The number of aryl methyl sites for hydroxylation is 2. The molecule has 0 saturated carbocycles. The van der Waals surface area contributed by atoms with E-state index in [-0.39, 0.29) is 12.0 Å². The second kappa shape index (κ2) is 4.25. The molecule has 0 fully saturated rings. The van der Waals surface area contributed by atoms with E-state index in [0.717, 1.165) is 12.8 Å². The first-order chi connectivity index (χ1) is 8.72. The van der Waals surface area contributed by atoms with Gasteiger partial charge in [0.05, 0.1) is 6.04 Å². The summed E-state index contributed by atoms with van der Waals surface area (Å²) in [7, 11) is 0. The number of anilines is 2. The fourth-order valence-electron chi connectivity index (χ4n) is 2.41. The maximum absolute atomic E-state index is 5.55. The SMILES string of the molecule is Cc1ccc2c(c1)C(Nc1ncnc(N)n1)CC2. The van der Waals surface area contributed by atoms with Crippen LogP contribution in [0.15, 0.2) is 24.5 Å². The van der Waals surface area contributed by atoms with Crippen molar-refractivity contribution in [3.8, 4) is 0 Å². The molecule has 0 bridgehead atoms. The third-order valence-corrected chi connectivity index (χ3v) is 3.27. The van der Waals surface area contributed by atoms with E-state index in [4.69, 9.17) is 5.73 Å². The maximum Gasteiger partial charge on any atom is 0.227 e. The minimum absolute atomic E-state index is 0.245. The van der Waals surface area contributed by atoms with Crippen LogP contribution in [-0.4, -0.2) is 15.0 Å². The fourth-order valence-corrected chi connectivity index (χ4v) is 2.41. The first kappa shape index (κ1) is 11.0. The molecule has 1 aliphatic carbocycles. The Morgan fingerprint density at radius 1 is 1.33 bits per heavy atom. The van der Waals surface area contributed by atoms with Gasteiger partial charge in [0.1, 0.15) is 6.33 Å². The van der Waals surface area contributed by atoms with Gasteiger partial charge in [-0.3, -0.25) is 0 Å². The van der Waals surface area contributed by atoms with Gasteiger partial charge in [-0.05, 0) is 30.9 Å². The van der Waals surface area contributed by atoms with Gasteiger partial charge in [-0.15, -0.1) is 0 Å². The zero-order valence-electron chi connectivity index (χ0n) is 10.2. The molecule has 5 nitrogen and oxygen atoms in total. The Morgan fingerprint density at radius 3 is 3.06 bits per heavy atom. The first-order valence-corrected chi connectivity index (χ1v) is 6.03. The van der Waals surface area contributed by atoms with Crippen LogP contribution < -0.4 is 11.1 Å². The van der Waals surface area contributed by atoms with E-state index < -0.39 is 0 Å². The van der Waals surface area contributed by atoms with E-state index in [9.17, 15) is 0 Å². The van der Waals surface area contributed by atoms with Crippen LogP contribution >= 0.6 is 0 Å². The molecule has 1 aromatic heterocycles. The second-order valence-corrected chi connectivity index (χ2v) is 4.61. The van der Waals surface area contributed by atoms with Gasteiger partial charge in [0.25, 0.3) is 0 Å². The number of hydrogen-bond acceptors (Lipinski definition) is 5. The van der Waals surface area contributed by atoms with E-state index in [1.807, 2.05) is 0 Å². The quantitative estimate of drug-likeness (QED) is 0.839. The third-order valence-electron chi connectivity index (χ3n) is 3.27. The van der Waals surface area contributed by atoms with Crippen LogP contribution in [0.3, 0.4) is 0 Å². The molecule has 92 valence electrons. The zero-order chi connectivity index (χ0) is 12.5. The third kappa shape index (κ3) is 1.99. The van der Waals surface area contributed by atoms with Crippen molar-refractivity contribution in [1.29, 1.82) is 0 Å². The van der Waals surface area contributed by atoms with Gasteiger partial charge in [0.15, 0.2) is 0 Å². The van der Waals surface area contributed by atoms with Gasteiger partial charge in [0.2, 0.25) is 11.9 Å². The summed E-state index contributed by atoms with van der Waals surface area (Å²) < 4.78 is 0. The minimum Gasteiger partial charge on any atom is -0.368 e. The lowest BCUT2D eigenvalue weighted by Gasteiger charge is -2.14. The summed E-state index contributed by atoms with van der Waals surface area (Å²) in [5.74, 6) is 0.789. The van der Waals surface area contributed by atoms with Crippen molar-refractivity contribution in [2.24, 2.45) is 0 Å². The van der Waals surface area contributed by atoms with Gasteiger partial charge in [-0.25, -0.2) is 9.97 Å². The van der Waals surface area contributed by atoms with Crippen LogP contribution in [0.5, 0.6) is 0 Å². The molecule has 18 heavy (non-hydrogen) atoms. The molecule has 0 amide bonds. The van der Waals surface area contributed by atoms with E-state index in [0.29, 0.717) is 5.95 Å². The summed E-state index contributed by atoms with van der Waals surface area (Å²) in [5, 5.41) is 3.32. The Labute approximate surface area is 105 Å². The topological polar surface area (TPSA) is 76.7 Å². The number of nitrogens with one attached hydrogen (secondary N) is 1. The van der Waals surface area contributed by atoms with Crippen LogP contribution in [0, 0.1) is 6.92 Å². The zero-order valence-corrected chi connectivity index (χ0v) is 10.2. The average molecular weight is 241 g/mol. The van der Waals surface area contributed by atoms with Crippen LogP contribution in [0.25, 0.3) is 0 Å². The highest BCUT2D eigenvalue weighted by Crippen LogP contribution is 2.33. The van der Waals surface area contributed by atoms with Crippen molar-refractivity contribution < 1.29 is 0 Å². The second-order valence-electron chi connectivity index (χ2n) is 4.61. The molecule has 1 heterocycles. The van der Waals surface area contributed by atoms with E-state index in [1.54, 1.807) is 0 Å². The largest absolute Gasteiger partial charge is 0.368 e. The number of nitrogens with two attached hydrogens (primary N) is 1. The molecule has 1 aromatic carbocycles. The molecular weight excluding hydrogens is 226 g/mol. The highest BCUT2D eigenvalue weighted by molar-refractivity contribution is 5.43. The number of rotatable bonds is 2. The standard InChI is InChI=1S/C13H15N5/c1-8-2-3-9-4-5-11(10(9)6-8)17-13-16-7-15-12(14)18-13/h2-3,6-7,11H,4-5H2,1H3,(H3,14,15,16,17,18). The van der Waals surface area contributed by atoms with Gasteiger partial charge >= 0.3 is 0 Å². The first-order valence-electron chi connectivity index (χ1n) is 6.03. The smallest absolute Gasteiger partial charge is 0.227 e. The molecule has 1 aliphatic rings. The summed E-state index contributed by atoms with van der Waals surface area (Å²) in [5.41, 5.74) is 9.57. The van der Waals surface area contributed by atoms with Gasteiger partial charge in [0, 0.05) is 0 Å². The Morgan fingerprint density at radius 2 is 2.22 bits per heavy atom. The van der Waals surface area contributed by atoms with Gasteiger partial charge < -0.3 is 11.1 Å². The molecule has 1 atom stereocenters. The van der Waals surface area contributed by atoms with Crippen molar-refractivity contribution in [3.63, 3.8) is 0 Å². The summed E-state index contributed by atoms with van der Waals surface area (Å²) in [4.78, 5) is 11.9. The Bertz CT molecular complexity index is 581. The summed E-state index contributed by atoms with van der Waals surface area (Å²) >= 11 is 0. The molecule has 0 saturated heterocycles. The number of aromatic nitrogens is 3. The van der Waals surface area contributed by atoms with Crippen molar-refractivity contribution in [1.82, 2.24) is 15.0 Å².